The number of nitrogens with one attached hydrogen (secondary N) is 1. The van der Waals surface area contributed by atoms with Crippen LogP contribution in [0.25, 0.3) is 0 Å². The van der Waals surface area contributed by atoms with E-state index >= 15 is 0 Å². The molecule has 0 radical (unpaired) electrons. The van der Waals surface area contributed by atoms with Gasteiger partial charge in [0.15, 0.2) is 0 Å². The zero-order valence-electron chi connectivity index (χ0n) is 14.8. The molecule has 2 rings (SSSR count). The highest BCUT2D eigenvalue weighted by Crippen LogP contribution is 2.25. The Kier molecular flexibility index (Phi) is 6.97. The Morgan fingerprint density at radius 3 is 2.42 bits per heavy atom. The third-order valence-electron chi connectivity index (χ3n) is 3.75. The van der Waals surface area contributed by atoms with Crippen LogP contribution in [0.1, 0.15) is 13.3 Å². The Morgan fingerprint density at radius 1 is 1.23 bits per heavy atom. The summed E-state index contributed by atoms with van der Waals surface area (Å²) in [6.07, 6.45) is 3.36. The fourth-order valence-corrected chi connectivity index (χ4v) is 4.37. The summed E-state index contributed by atoms with van der Waals surface area (Å²) in [5, 5.41) is 3.31. The fourth-order valence-electron chi connectivity index (χ4n) is 2.57. The van der Waals surface area contributed by atoms with Crippen molar-refractivity contribution < 1.29 is 13.2 Å². The van der Waals surface area contributed by atoms with Gasteiger partial charge in [-0.25, -0.2) is 8.42 Å². The quantitative estimate of drug-likeness (QED) is 0.690. The number of carbonyl (C=O) groups is 1. The summed E-state index contributed by atoms with van der Waals surface area (Å²) < 4.78 is 25.9. The van der Waals surface area contributed by atoms with Crippen LogP contribution in [0, 0.1) is 0 Å². The third kappa shape index (κ3) is 5.16. The van der Waals surface area contributed by atoms with Gasteiger partial charge in [0, 0.05) is 15.6 Å². The molecule has 2 aromatic carbocycles. The highest BCUT2D eigenvalue weighted by atomic mass is 35.5. The average Bonchev–Trinajstić information content (AvgIpc) is 2.59. The van der Waals surface area contributed by atoms with Gasteiger partial charge in [0.25, 0.3) is 0 Å². The fraction of sp³-hybridized carbons (Fsp3) is 0.278. The van der Waals surface area contributed by atoms with Gasteiger partial charge in [-0.15, -0.1) is 11.8 Å². The van der Waals surface area contributed by atoms with Crippen molar-refractivity contribution in [3.8, 4) is 0 Å². The second-order valence-electron chi connectivity index (χ2n) is 5.68. The highest BCUT2D eigenvalue weighted by Gasteiger charge is 2.31. The zero-order chi connectivity index (χ0) is 19.3. The summed E-state index contributed by atoms with van der Waals surface area (Å²) in [5.74, 6) is -0.383. The number of hydrogen-bond donors (Lipinski definition) is 1. The Hall–Kier alpha value is -1.70. The monoisotopic (exact) mass is 412 g/mol. The van der Waals surface area contributed by atoms with E-state index in [4.69, 9.17) is 11.6 Å². The first-order valence-electron chi connectivity index (χ1n) is 7.96. The molecule has 0 aromatic heterocycles. The largest absolute Gasteiger partial charge is 0.324 e. The minimum Gasteiger partial charge on any atom is -0.324 e. The van der Waals surface area contributed by atoms with Gasteiger partial charge < -0.3 is 5.32 Å². The van der Waals surface area contributed by atoms with Gasteiger partial charge in [-0.05, 0) is 55.1 Å². The number of benzene rings is 2. The van der Waals surface area contributed by atoms with Gasteiger partial charge in [0.2, 0.25) is 15.9 Å². The van der Waals surface area contributed by atoms with E-state index in [0.717, 1.165) is 15.5 Å². The molecule has 0 bridgehead atoms. The minimum atomic E-state index is -3.67. The van der Waals surface area contributed by atoms with E-state index in [9.17, 15) is 13.2 Å². The number of nitrogens with zero attached hydrogens (tertiary/aromatic N) is 1. The standard InChI is InChI=1S/C18H21ClN2O3S2/c1-4-17(18(22)20-14-6-5-7-16(12-14)25-2)21(26(3,23)24)15-10-8-13(19)9-11-15/h5-12,17H,4H2,1-3H3,(H,20,22)/t17-/m1/s1. The minimum absolute atomic E-state index is 0.323. The SMILES string of the molecule is CC[C@H](C(=O)Nc1cccc(SC)c1)N(c1ccc(Cl)cc1)S(C)(=O)=O. The second kappa shape index (κ2) is 8.79. The maximum atomic E-state index is 12.8. The normalized spacial score (nSPS) is 12.5. The van der Waals surface area contributed by atoms with Crippen LogP contribution in [0.15, 0.2) is 53.4 Å². The molecule has 0 saturated heterocycles. The van der Waals surface area contributed by atoms with Gasteiger partial charge in [0.1, 0.15) is 6.04 Å². The Balaban J connectivity index is 2.34. The highest BCUT2D eigenvalue weighted by molar-refractivity contribution is 7.98. The van der Waals surface area contributed by atoms with E-state index in [1.54, 1.807) is 49.0 Å². The van der Waals surface area contributed by atoms with Gasteiger partial charge in [0.05, 0.1) is 11.9 Å². The molecule has 0 aliphatic rings. The van der Waals surface area contributed by atoms with E-state index < -0.39 is 16.1 Å². The van der Waals surface area contributed by atoms with Crippen molar-refractivity contribution in [1.29, 1.82) is 0 Å². The van der Waals surface area contributed by atoms with Crippen LogP contribution in [0.3, 0.4) is 0 Å². The molecule has 1 atom stereocenters. The molecule has 0 fully saturated rings. The van der Waals surface area contributed by atoms with Crippen LogP contribution in [-0.2, 0) is 14.8 Å². The number of thioether (sulfide) groups is 1. The Morgan fingerprint density at radius 2 is 1.88 bits per heavy atom. The van der Waals surface area contributed by atoms with E-state index in [0.29, 0.717) is 22.8 Å². The van der Waals surface area contributed by atoms with Crippen molar-refractivity contribution in [2.24, 2.45) is 0 Å². The first-order valence-corrected chi connectivity index (χ1v) is 11.4. The van der Waals surface area contributed by atoms with Crippen LogP contribution >= 0.6 is 23.4 Å². The molecule has 26 heavy (non-hydrogen) atoms. The lowest BCUT2D eigenvalue weighted by atomic mass is 10.2. The van der Waals surface area contributed by atoms with Crippen LogP contribution in [0.2, 0.25) is 5.02 Å². The van der Waals surface area contributed by atoms with E-state index in [2.05, 4.69) is 5.32 Å². The van der Waals surface area contributed by atoms with Crippen molar-refractivity contribution >= 4 is 50.7 Å². The van der Waals surface area contributed by atoms with Crippen molar-refractivity contribution in [2.45, 2.75) is 24.3 Å². The molecule has 0 unspecified atom stereocenters. The summed E-state index contributed by atoms with van der Waals surface area (Å²) >= 11 is 7.46. The molecule has 8 heteroatoms. The molecule has 0 spiro atoms. The molecule has 0 aliphatic heterocycles. The molecular weight excluding hydrogens is 392 g/mol. The van der Waals surface area contributed by atoms with Gasteiger partial charge in [-0.3, -0.25) is 9.10 Å². The van der Waals surface area contributed by atoms with Crippen LogP contribution in [-0.4, -0.2) is 32.9 Å². The van der Waals surface area contributed by atoms with Crippen molar-refractivity contribution in [3.63, 3.8) is 0 Å². The second-order valence-corrected chi connectivity index (χ2v) is 8.86. The Labute approximate surface area is 163 Å². The molecule has 1 N–H and O–H groups in total. The third-order valence-corrected chi connectivity index (χ3v) is 5.91. The van der Waals surface area contributed by atoms with E-state index in [1.807, 2.05) is 24.5 Å². The van der Waals surface area contributed by atoms with E-state index in [-0.39, 0.29) is 5.91 Å². The number of halogens is 1. The number of anilines is 2. The number of hydrogen-bond acceptors (Lipinski definition) is 4. The average molecular weight is 413 g/mol. The van der Waals surface area contributed by atoms with E-state index in [1.165, 1.54) is 0 Å². The summed E-state index contributed by atoms with van der Waals surface area (Å²) in [7, 11) is -3.67. The molecule has 0 aliphatic carbocycles. The van der Waals surface area contributed by atoms with Gasteiger partial charge >= 0.3 is 0 Å². The molecule has 1 amide bonds. The lowest BCUT2D eigenvalue weighted by Crippen LogP contribution is -2.47. The lowest BCUT2D eigenvalue weighted by molar-refractivity contribution is -0.117. The lowest BCUT2D eigenvalue weighted by Gasteiger charge is -2.30. The molecular formula is C18H21ClN2O3S2. The van der Waals surface area contributed by atoms with Crippen LogP contribution in [0.4, 0.5) is 11.4 Å². The smallest absolute Gasteiger partial charge is 0.248 e. The van der Waals surface area contributed by atoms with Gasteiger partial charge in [-0.1, -0.05) is 24.6 Å². The molecule has 0 saturated carbocycles. The summed E-state index contributed by atoms with van der Waals surface area (Å²) in [5.41, 5.74) is 1.03. The number of amides is 1. The predicted molar refractivity (Wildman–Crippen MR) is 110 cm³/mol. The maximum absolute atomic E-state index is 12.8. The molecule has 140 valence electrons. The van der Waals surface area contributed by atoms with Crippen molar-refractivity contribution in [3.05, 3.63) is 53.6 Å². The molecule has 5 nitrogen and oxygen atoms in total. The summed E-state index contributed by atoms with van der Waals surface area (Å²) in [6, 6.07) is 12.9. The van der Waals surface area contributed by atoms with Crippen LogP contribution < -0.4 is 9.62 Å². The Bertz CT molecular complexity index is 870. The number of carbonyl (C=O) groups excluding carboxylic acids is 1. The number of rotatable bonds is 7. The first-order chi connectivity index (χ1) is 12.3. The van der Waals surface area contributed by atoms with Gasteiger partial charge in [-0.2, -0.15) is 0 Å². The van der Waals surface area contributed by atoms with Crippen molar-refractivity contribution in [2.75, 3.05) is 22.1 Å². The molecule has 0 heterocycles. The first kappa shape index (κ1) is 20.6. The van der Waals surface area contributed by atoms with Crippen LogP contribution in [0.5, 0.6) is 0 Å². The zero-order valence-corrected chi connectivity index (χ0v) is 17.2. The summed E-state index contributed by atoms with van der Waals surface area (Å²) in [6.45, 7) is 1.77. The summed E-state index contributed by atoms with van der Waals surface area (Å²) in [4.78, 5) is 13.8. The molecule has 2 aromatic rings. The predicted octanol–water partition coefficient (Wildman–Crippen LogP) is 4.25. The van der Waals surface area contributed by atoms with Crippen molar-refractivity contribution in [1.82, 2.24) is 0 Å². The maximum Gasteiger partial charge on any atom is 0.248 e. The number of sulfonamides is 1. The topological polar surface area (TPSA) is 66.5 Å².